The third-order valence-corrected chi connectivity index (χ3v) is 6.02. The molecule has 2 aromatic rings. The molecule has 3 rings (SSSR count). The Balaban J connectivity index is 1.62. The molecule has 1 aromatic carbocycles. The van der Waals surface area contributed by atoms with E-state index in [9.17, 15) is 4.79 Å². The van der Waals surface area contributed by atoms with Gasteiger partial charge >= 0.3 is 0 Å². The molecule has 1 aliphatic heterocycles. The number of carbonyl (C=O) groups is 1. The van der Waals surface area contributed by atoms with Crippen molar-refractivity contribution < 1.29 is 9.53 Å². The Morgan fingerprint density at radius 3 is 2.81 bits per heavy atom. The van der Waals surface area contributed by atoms with Crippen LogP contribution in [0.25, 0.3) is 6.08 Å². The minimum Gasteiger partial charge on any atom is -0.497 e. The van der Waals surface area contributed by atoms with Gasteiger partial charge in [0.15, 0.2) is 0 Å². The maximum Gasteiger partial charge on any atom is 0.266 e. The Labute approximate surface area is 171 Å². The summed E-state index contributed by atoms with van der Waals surface area (Å²) in [5.41, 5.74) is 0.929. The lowest BCUT2D eigenvalue weighted by molar-refractivity contribution is -0.122. The van der Waals surface area contributed by atoms with Crippen LogP contribution < -0.4 is 10.1 Å². The number of carbonyl (C=O) groups excluding carboxylic acids is 1. The molecule has 1 saturated heterocycles. The number of thiocarbonyl (C=S) groups is 1. The number of thioether (sulfide) groups is 1. The van der Waals surface area contributed by atoms with Gasteiger partial charge in [0.25, 0.3) is 5.91 Å². The van der Waals surface area contributed by atoms with Gasteiger partial charge in [-0.1, -0.05) is 53.5 Å². The van der Waals surface area contributed by atoms with Crippen molar-refractivity contribution in [2.75, 3.05) is 25.5 Å². The maximum atomic E-state index is 12.7. The molecule has 0 aliphatic carbocycles. The summed E-state index contributed by atoms with van der Waals surface area (Å²) in [5.74, 6) is 0.703. The number of hydrogen-bond donors (Lipinski definition) is 1. The van der Waals surface area contributed by atoms with E-state index in [2.05, 4.69) is 22.1 Å². The zero-order valence-electron chi connectivity index (χ0n) is 14.7. The van der Waals surface area contributed by atoms with Gasteiger partial charge in [-0.25, -0.2) is 0 Å². The highest BCUT2D eigenvalue weighted by Gasteiger charge is 2.31. The Bertz CT molecular complexity index is 877. The number of amides is 1. The summed E-state index contributed by atoms with van der Waals surface area (Å²) in [6, 6.07) is 7.54. The Kier molecular flexibility index (Phi) is 6.59. The first-order valence-electron chi connectivity index (χ1n) is 8.17. The van der Waals surface area contributed by atoms with Crippen LogP contribution in [0.4, 0.5) is 5.13 Å². The van der Waals surface area contributed by atoms with E-state index in [1.807, 2.05) is 30.3 Å². The van der Waals surface area contributed by atoms with Crippen LogP contribution in [0, 0.1) is 0 Å². The van der Waals surface area contributed by atoms with Crippen molar-refractivity contribution in [3.8, 4) is 5.75 Å². The second kappa shape index (κ2) is 9.12. The summed E-state index contributed by atoms with van der Waals surface area (Å²) in [6.45, 7) is 4.78. The van der Waals surface area contributed by atoms with Crippen molar-refractivity contribution in [2.45, 2.75) is 6.42 Å². The van der Waals surface area contributed by atoms with E-state index in [4.69, 9.17) is 17.0 Å². The van der Waals surface area contributed by atoms with Crippen LogP contribution in [0.1, 0.15) is 10.6 Å². The molecule has 2 heterocycles. The lowest BCUT2D eigenvalue weighted by Gasteiger charge is -2.12. The lowest BCUT2D eigenvalue weighted by Crippen LogP contribution is -2.30. The van der Waals surface area contributed by atoms with Gasteiger partial charge in [-0.15, -0.1) is 16.8 Å². The molecule has 27 heavy (non-hydrogen) atoms. The summed E-state index contributed by atoms with van der Waals surface area (Å²) in [6.07, 6.45) is 4.22. The topological polar surface area (TPSA) is 67.4 Å². The van der Waals surface area contributed by atoms with Crippen molar-refractivity contribution >= 4 is 56.8 Å². The number of rotatable bonds is 8. The molecule has 6 nitrogen and oxygen atoms in total. The Hall–Kier alpha value is -2.23. The fourth-order valence-electron chi connectivity index (χ4n) is 2.34. The molecule has 0 radical (unpaired) electrons. The number of anilines is 1. The number of methoxy groups -OCH3 is 1. The van der Waals surface area contributed by atoms with Crippen molar-refractivity contribution in [1.29, 1.82) is 0 Å². The quantitative estimate of drug-likeness (QED) is 0.399. The van der Waals surface area contributed by atoms with Gasteiger partial charge < -0.3 is 10.1 Å². The second-order valence-corrected chi connectivity index (χ2v) is 8.26. The van der Waals surface area contributed by atoms with Crippen LogP contribution in [0.3, 0.4) is 0 Å². The maximum absolute atomic E-state index is 12.7. The molecule has 0 bridgehead atoms. The molecule has 0 atom stereocenters. The third-order valence-electron chi connectivity index (χ3n) is 3.70. The zero-order chi connectivity index (χ0) is 19.2. The van der Waals surface area contributed by atoms with Crippen molar-refractivity contribution in [1.82, 2.24) is 15.1 Å². The summed E-state index contributed by atoms with van der Waals surface area (Å²) in [4.78, 5) is 14.9. The predicted molar refractivity (Wildman–Crippen MR) is 115 cm³/mol. The number of benzene rings is 1. The van der Waals surface area contributed by atoms with E-state index < -0.39 is 0 Å². The Morgan fingerprint density at radius 1 is 1.33 bits per heavy atom. The van der Waals surface area contributed by atoms with Gasteiger partial charge in [-0.2, -0.15) is 0 Å². The summed E-state index contributed by atoms with van der Waals surface area (Å²) in [5, 5.41) is 12.9. The highest BCUT2D eigenvalue weighted by molar-refractivity contribution is 8.26. The van der Waals surface area contributed by atoms with E-state index in [1.165, 1.54) is 23.1 Å². The monoisotopic (exact) mass is 418 g/mol. The molecular formula is C18H18N4O2S3. The highest BCUT2D eigenvalue weighted by atomic mass is 32.2. The summed E-state index contributed by atoms with van der Waals surface area (Å²) in [7, 11) is 1.62. The molecule has 1 aliphatic rings. The first-order chi connectivity index (χ1) is 13.1. The van der Waals surface area contributed by atoms with Crippen LogP contribution >= 0.6 is 35.3 Å². The van der Waals surface area contributed by atoms with Gasteiger partial charge in [-0.05, 0) is 23.8 Å². The fraction of sp³-hybridized carbons (Fsp3) is 0.222. The fourth-order valence-corrected chi connectivity index (χ4v) is 4.38. The summed E-state index contributed by atoms with van der Waals surface area (Å²) < 4.78 is 5.71. The lowest BCUT2D eigenvalue weighted by atomic mass is 10.2. The molecule has 1 aromatic heterocycles. The molecular weight excluding hydrogens is 400 g/mol. The normalized spacial score (nSPS) is 15.4. The number of hydrogen-bond acceptors (Lipinski definition) is 8. The van der Waals surface area contributed by atoms with Gasteiger partial charge in [0.2, 0.25) is 5.13 Å². The van der Waals surface area contributed by atoms with E-state index in [0.717, 1.165) is 21.5 Å². The van der Waals surface area contributed by atoms with Crippen LogP contribution in [0.15, 0.2) is 41.8 Å². The minimum atomic E-state index is -0.0738. The van der Waals surface area contributed by atoms with Gasteiger partial charge in [0.05, 0.1) is 12.0 Å². The van der Waals surface area contributed by atoms with Crippen molar-refractivity contribution in [3.63, 3.8) is 0 Å². The van der Waals surface area contributed by atoms with E-state index in [-0.39, 0.29) is 5.91 Å². The molecule has 1 amide bonds. The average Bonchev–Trinajstić information content (AvgIpc) is 3.23. The van der Waals surface area contributed by atoms with E-state index in [1.54, 1.807) is 18.1 Å². The minimum absolute atomic E-state index is 0.0738. The number of ether oxygens (including phenoxy) is 1. The number of nitrogens with one attached hydrogen (secondary N) is 1. The number of nitrogens with zero attached hydrogens (tertiary/aromatic N) is 3. The Morgan fingerprint density at radius 2 is 2.11 bits per heavy atom. The first kappa shape index (κ1) is 19.5. The number of aromatic nitrogens is 2. The van der Waals surface area contributed by atoms with Gasteiger partial charge in [-0.3, -0.25) is 9.69 Å². The standard InChI is InChI=1S/C18H18N4O2S3/c1-3-9-19-17-21-20-15(27-17)8-10-22-16(23)14(26-18(22)25)11-12-4-6-13(24-2)7-5-12/h3-7,11H,1,8-10H2,2H3,(H,19,21)/b14-11+. The van der Waals surface area contributed by atoms with E-state index in [0.29, 0.717) is 28.7 Å². The average molecular weight is 419 g/mol. The second-order valence-electron chi connectivity index (χ2n) is 5.53. The molecule has 1 N–H and O–H groups in total. The third kappa shape index (κ3) is 4.94. The molecule has 1 fully saturated rings. The van der Waals surface area contributed by atoms with Gasteiger partial charge in [0.1, 0.15) is 15.1 Å². The SMILES string of the molecule is C=CCNc1nnc(CCN2C(=O)/C(=C\c3ccc(OC)cc3)SC2=S)s1. The molecule has 140 valence electrons. The van der Waals surface area contributed by atoms with Crippen molar-refractivity contribution in [2.24, 2.45) is 0 Å². The van der Waals surface area contributed by atoms with Crippen LogP contribution in [0.5, 0.6) is 5.75 Å². The zero-order valence-corrected chi connectivity index (χ0v) is 17.1. The van der Waals surface area contributed by atoms with E-state index >= 15 is 0 Å². The molecule has 9 heteroatoms. The van der Waals surface area contributed by atoms with Crippen LogP contribution in [-0.4, -0.2) is 45.5 Å². The largest absolute Gasteiger partial charge is 0.497 e. The molecule has 0 spiro atoms. The summed E-state index contributed by atoms with van der Waals surface area (Å²) >= 11 is 8.17. The molecule has 0 saturated carbocycles. The molecule has 0 unspecified atom stereocenters. The van der Waals surface area contributed by atoms with Crippen LogP contribution in [-0.2, 0) is 11.2 Å². The predicted octanol–water partition coefficient (Wildman–Crippen LogP) is 3.59. The first-order valence-corrected chi connectivity index (χ1v) is 10.2. The van der Waals surface area contributed by atoms with Gasteiger partial charge in [0, 0.05) is 19.5 Å². The smallest absolute Gasteiger partial charge is 0.266 e. The van der Waals surface area contributed by atoms with Crippen LogP contribution in [0.2, 0.25) is 0 Å². The van der Waals surface area contributed by atoms with Crippen molar-refractivity contribution in [3.05, 3.63) is 52.4 Å². The highest BCUT2D eigenvalue weighted by Crippen LogP contribution is 2.33.